The molecule has 2 aromatic rings. The number of methoxy groups -OCH3 is 1. The van der Waals surface area contributed by atoms with Crippen molar-refractivity contribution in [1.29, 1.82) is 0 Å². The van der Waals surface area contributed by atoms with Gasteiger partial charge in [0.15, 0.2) is 0 Å². The Morgan fingerprint density at radius 1 is 1.35 bits per heavy atom. The van der Waals surface area contributed by atoms with Crippen LogP contribution in [0.3, 0.4) is 0 Å². The first-order valence-electron chi connectivity index (χ1n) is 6.76. The quantitative estimate of drug-likeness (QED) is 0.460. The standard InChI is InChI=1S/C15H16N4O4/c1-15(2,23-3)14(20)13(18-10-16-9-17-18)8-11-4-6-12(7-5-11)19(21)22/h4-10H,1-3H3. The van der Waals surface area contributed by atoms with Gasteiger partial charge in [-0.1, -0.05) is 0 Å². The van der Waals surface area contributed by atoms with Crippen LogP contribution in [0.25, 0.3) is 11.8 Å². The molecule has 0 spiro atoms. The van der Waals surface area contributed by atoms with Crippen LogP contribution in [0.4, 0.5) is 5.69 Å². The SMILES string of the molecule is COC(C)(C)C(=O)C(=Cc1ccc([N+](=O)[O-])cc1)n1cncn1. The molecule has 8 heteroatoms. The Morgan fingerprint density at radius 3 is 2.48 bits per heavy atom. The summed E-state index contributed by atoms with van der Waals surface area (Å²) in [5.74, 6) is -0.288. The van der Waals surface area contributed by atoms with Crippen molar-refractivity contribution in [2.45, 2.75) is 19.4 Å². The topological polar surface area (TPSA) is 100 Å². The fourth-order valence-corrected chi connectivity index (χ4v) is 1.82. The molecule has 0 saturated heterocycles. The second-order valence-corrected chi connectivity index (χ2v) is 5.26. The number of Topliss-reactive ketones (excluding diaryl/α,β-unsaturated/α-hetero) is 1. The summed E-state index contributed by atoms with van der Waals surface area (Å²) in [5, 5.41) is 14.7. The predicted octanol–water partition coefficient (Wildman–Crippen LogP) is 2.18. The number of ether oxygens (including phenoxy) is 1. The largest absolute Gasteiger partial charge is 0.371 e. The van der Waals surface area contributed by atoms with Crippen LogP contribution in [0.1, 0.15) is 19.4 Å². The van der Waals surface area contributed by atoms with Gasteiger partial charge in [0.05, 0.1) is 4.92 Å². The highest BCUT2D eigenvalue weighted by molar-refractivity contribution is 6.23. The number of benzene rings is 1. The molecule has 0 aliphatic carbocycles. The van der Waals surface area contributed by atoms with Crippen molar-refractivity contribution in [1.82, 2.24) is 14.8 Å². The van der Waals surface area contributed by atoms with Crippen LogP contribution in [0, 0.1) is 10.1 Å². The van der Waals surface area contributed by atoms with Gasteiger partial charge in [0.1, 0.15) is 24.0 Å². The minimum absolute atomic E-state index is 0.0204. The first-order valence-corrected chi connectivity index (χ1v) is 6.76. The molecule has 8 nitrogen and oxygen atoms in total. The van der Waals surface area contributed by atoms with Crippen LogP contribution in [-0.2, 0) is 9.53 Å². The summed E-state index contributed by atoms with van der Waals surface area (Å²) in [6.45, 7) is 3.30. The molecule has 0 radical (unpaired) electrons. The summed E-state index contributed by atoms with van der Waals surface area (Å²) in [6.07, 6.45) is 4.30. The first kappa shape index (κ1) is 16.5. The number of nitro benzene ring substituents is 1. The van der Waals surface area contributed by atoms with Crippen molar-refractivity contribution >= 4 is 23.2 Å². The molecular formula is C15H16N4O4. The average Bonchev–Trinajstić information content (AvgIpc) is 3.06. The molecule has 0 atom stereocenters. The van der Waals surface area contributed by atoms with Crippen molar-refractivity contribution in [3.8, 4) is 0 Å². The molecule has 0 saturated carbocycles. The van der Waals surface area contributed by atoms with Gasteiger partial charge in [0.25, 0.3) is 5.69 Å². The summed E-state index contributed by atoms with van der Waals surface area (Å²) in [4.78, 5) is 26.7. The molecule has 1 aromatic heterocycles. The number of nitro groups is 1. The Labute approximate surface area is 132 Å². The highest BCUT2D eigenvalue weighted by atomic mass is 16.6. The van der Waals surface area contributed by atoms with Crippen LogP contribution in [0.15, 0.2) is 36.9 Å². The van der Waals surface area contributed by atoms with E-state index in [1.54, 1.807) is 32.1 Å². The number of aromatic nitrogens is 3. The molecule has 0 fully saturated rings. The van der Waals surface area contributed by atoms with Crippen LogP contribution < -0.4 is 0 Å². The molecule has 0 bridgehead atoms. The fourth-order valence-electron chi connectivity index (χ4n) is 1.82. The Morgan fingerprint density at radius 2 is 2.00 bits per heavy atom. The van der Waals surface area contributed by atoms with E-state index in [9.17, 15) is 14.9 Å². The van der Waals surface area contributed by atoms with Crippen molar-refractivity contribution < 1.29 is 14.5 Å². The maximum Gasteiger partial charge on any atom is 0.269 e. The lowest BCUT2D eigenvalue weighted by Gasteiger charge is -2.22. The summed E-state index contributed by atoms with van der Waals surface area (Å²) in [6, 6.07) is 5.86. The number of rotatable bonds is 6. The Balaban J connectivity index is 2.45. The molecule has 0 aliphatic rings. The maximum atomic E-state index is 12.7. The number of carbonyl (C=O) groups is 1. The van der Waals surface area contributed by atoms with Gasteiger partial charge in [-0.15, -0.1) is 0 Å². The van der Waals surface area contributed by atoms with E-state index in [1.165, 1.54) is 36.6 Å². The molecule has 2 rings (SSSR count). The summed E-state index contributed by atoms with van der Waals surface area (Å²) < 4.78 is 6.56. The number of hydrogen-bond donors (Lipinski definition) is 0. The molecule has 1 heterocycles. The highest BCUT2D eigenvalue weighted by Gasteiger charge is 2.31. The molecule has 0 N–H and O–H groups in total. The van der Waals surface area contributed by atoms with Crippen molar-refractivity contribution in [3.05, 3.63) is 52.6 Å². The minimum atomic E-state index is -1.04. The number of carbonyl (C=O) groups excluding carboxylic acids is 1. The molecule has 1 aromatic carbocycles. The van der Waals surface area contributed by atoms with Crippen molar-refractivity contribution in [3.63, 3.8) is 0 Å². The number of nitrogens with zero attached hydrogens (tertiary/aromatic N) is 4. The average molecular weight is 316 g/mol. The third kappa shape index (κ3) is 3.67. The predicted molar refractivity (Wildman–Crippen MR) is 83.4 cm³/mol. The van der Waals surface area contributed by atoms with E-state index in [1.807, 2.05) is 0 Å². The smallest absolute Gasteiger partial charge is 0.269 e. The molecule has 0 unspecified atom stereocenters. The van der Waals surface area contributed by atoms with E-state index in [4.69, 9.17) is 4.74 Å². The number of non-ortho nitro benzene ring substituents is 1. The number of hydrogen-bond acceptors (Lipinski definition) is 6. The molecule has 0 amide bonds. The number of ketones is 1. The van der Waals surface area contributed by atoms with E-state index >= 15 is 0 Å². The summed E-state index contributed by atoms with van der Waals surface area (Å²) in [7, 11) is 1.45. The zero-order valence-electron chi connectivity index (χ0n) is 13.0. The highest BCUT2D eigenvalue weighted by Crippen LogP contribution is 2.21. The van der Waals surface area contributed by atoms with Crippen LogP contribution in [0.5, 0.6) is 0 Å². The maximum absolute atomic E-state index is 12.7. The Bertz CT molecular complexity index is 733. The Hall–Kier alpha value is -2.87. The van der Waals surface area contributed by atoms with Gasteiger partial charge in [-0.25, -0.2) is 9.67 Å². The molecule has 0 aliphatic heterocycles. The van der Waals surface area contributed by atoms with E-state index in [-0.39, 0.29) is 17.2 Å². The van der Waals surface area contributed by atoms with Crippen molar-refractivity contribution in [2.75, 3.05) is 7.11 Å². The minimum Gasteiger partial charge on any atom is -0.371 e. The van der Waals surface area contributed by atoms with Gasteiger partial charge in [-0.05, 0) is 37.6 Å². The lowest BCUT2D eigenvalue weighted by molar-refractivity contribution is -0.384. The van der Waals surface area contributed by atoms with Gasteiger partial charge in [0, 0.05) is 19.2 Å². The first-order chi connectivity index (χ1) is 10.8. The van der Waals surface area contributed by atoms with E-state index in [2.05, 4.69) is 10.1 Å². The summed E-state index contributed by atoms with van der Waals surface area (Å²) in [5.41, 5.74) is -0.184. The third-order valence-electron chi connectivity index (χ3n) is 3.36. The molecule has 120 valence electrons. The van der Waals surface area contributed by atoms with Gasteiger partial charge in [-0.3, -0.25) is 14.9 Å². The Kier molecular flexibility index (Phi) is 4.65. The lowest BCUT2D eigenvalue weighted by atomic mass is 9.99. The second-order valence-electron chi connectivity index (χ2n) is 5.26. The van der Waals surface area contributed by atoms with E-state index in [0.29, 0.717) is 5.56 Å². The van der Waals surface area contributed by atoms with Gasteiger partial charge in [0.2, 0.25) is 5.78 Å². The zero-order chi connectivity index (χ0) is 17.0. The van der Waals surface area contributed by atoms with Gasteiger partial charge in [-0.2, -0.15) is 5.10 Å². The third-order valence-corrected chi connectivity index (χ3v) is 3.36. The summed E-state index contributed by atoms with van der Waals surface area (Å²) >= 11 is 0. The fraction of sp³-hybridized carbons (Fsp3) is 0.267. The molecular weight excluding hydrogens is 300 g/mol. The van der Waals surface area contributed by atoms with Crippen LogP contribution >= 0.6 is 0 Å². The van der Waals surface area contributed by atoms with Gasteiger partial charge < -0.3 is 4.74 Å². The normalized spacial score (nSPS) is 12.2. The van der Waals surface area contributed by atoms with Gasteiger partial charge >= 0.3 is 0 Å². The lowest BCUT2D eigenvalue weighted by Crippen LogP contribution is -2.35. The van der Waals surface area contributed by atoms with E-state index < -0.39 is 10.5 Å². The van der Waals surface area contributed by atoms with Crippen molar-refractivity contribution in [2.24, 2.45) is 0 Å². The molecule has 23 heavy (non-hydrogen) atoms. The second kappa shape index (κ2) is 6.49. The van der Waals surface area contributed by atoms with Crippen LogP contribution in [-0.4, -0.2) is 38.2 Å². The zero-order valence-corrected chi connectivity index (χ0v) is 13.0. The monoisotopic (exact) mass is 316 g/mol. The van der Waals surface area contributed by atoms with Crippen LogP contribution in [0.2, 0.25) is 0 Å². The van der Waals surface area contributed by atoms with E-state index in [0.717, 1.165) is 0 Å².